The van der Waals surface area contributed by atoms with Crippen LogP contribution in [0.1, 0.15) is 41.7 Å². The van der Waals surface area contributed by atoms with E-state index in [1.807, 2.05) is 72.8 Å². The number of benzene rings is 7. The molecule has 1 aliphatic rings. The van der Waals surface area contributed by atoms with Crippen LogP contribution in [0, 0.1) is 40.6 Å². The highest BCUT2D eigenvalue weighted by Crippen LogP contribution is 2.54. The molecule has 0 spiro atoms. The first-order valence-corrected chi connectivity index (χ1v) is 18.0. The van der Waals surface area contributed by atoms with Crippen LogP contribution in [-0.4, -0.2) is 9.13 Å². The summed E-state index contributed by atoms with van der Waals surface area (Å²) in [6.07, 6.45) is 0. The summed E-state index contributed by atoms with van der Waals surface area (Å²) >= 11 is 0. The molecular formula is C49H28N6. The number of hydrogen-bond acceptors (Lipinski definition) is 3. The van der Waals surface area contributed by atoms with Crippen molar-refractivity contribution < 1.29 is 0 Å². The molecular weight excluding hydrogens is 673 g/mol. The largest absolute Gasteiger partial charge is 0.319 e. The Morgan fingerprint density at radius 3 is 1.76 bits per heavy atom. The summed E-state index contributed by atoms with van der Waals surface area (Å²) in [7, 11) is 0. The molecule has 2 aromatic heterocycles. The SMILES string of the molecule is [C-]#[N+]c1c(-n2c3ccccc3c3ccccc32)ccc(-c2ccc(C#N)c(C#N)c2-n2c3ccccc3c3c4c(ccc32)-c2ccccc2C4(C)C)c1C#N. The van der Waals surface area contributed by atoms with E-state index in [9.17, 15) is 15.8 Å². The van der Waals surface area contributed by atoms with Gasteiger partial charge in [-0.25, -0.2) is 4.85 Å². The highest BCUT2D eigenvalue weighted by atomic mass is 15.0. The molecule has 2 heterocycles. The minimum absolute atomic E-state index is 0.197. The van der Waals surface area contributed by atoms with Crippen LogP contribution in [0.3, 0.4) is 0 Å². The Morgan fingerprint density at radius 2 is 1.11 bits per heavy atom. The van der Waals surface area contributed by atoms with E-state index in [0.717, 1.165) is 43.6 Å². The van der Waals surface area contributed by atoms with Gasteiger partial charge in [-0.1, -0.05) is 111 Å². The Kier molecular flexibility index (Phi) is 6.68. The minimum Gasteiger partial charge on any atom is -0.319 e. The van der Waals surface area contributed by atoms with Gasteiger partial charge in [0.1, 0.15) is 12.1 Å². The zero-order chi connectivity index (χ0) is 37.6. The molecule has 0 unspecified atom stereocenters. The second-order valence-corrected chi connectivity index (χ2v) is 14.5. The van der Waals surface area contributed by atoms with Crippen molar-refractivity contribution in [3.63, 3.8) is 0 Å². The summed E-state index contributed by atoms with van der Waals surface area (Å²) in [4.78, 5) is 4.02. The molecule has 0 amide bonds. The van der Waals surface area contributed by atoms with E-state index >= 15 is 0 Å². The molecule has 0 saturated heterocycles. The highest BCUT2D eigenvalue weighted by molar-refractivity contribution is 6.15. The standard InChI is InChI=1S/C49H28N6/c1-49(2)39-16-8-4-12-31(39)34-23-24-43-45(46(34)49)36-15-7-11-19-42(36)55(43)48-35(21-20-29(26-50)37(48)27-51)30-22-25-44(47(53-3)38(30)28-52)54-40-17-9-5-13-32(40)33-14-6-10-18-41(33)54/h4-25H,1-2H3. The van der Waals surface area contributed by atoms with Crippen LogP contribution in [0.15, 0.2) is 133 Å². The smallest absolute Gasteiger partial charge is 0.228 e. The Bertz CT molecular complexity index is 3290. The molecule has 1 aliphatic carbocycles. The van der Waals surface area contributed by atoms with Gasteiger partial charge in [-0.05, 0) is 64.2 Å². The molecule has 0 aliphatic heterocycles. The number of para-hydroxylation sites is 3. The fourth-order valence-corrected chi connectivity index (χ4v) is 9.21. The van der Waals surface area contributed by atoms with Gasteiger partial charge in [0.15, 0.2) is 0 Å². The Hall–Kier alpha value is -7.90. The van der Waals surface area contributed by atoms with Crippen LogP contribution >= 0.6 is 0 Å². The third kappa shape index (κ3) is 4.14. The van der Waals surface area contributed by atoms with Crippen molar-refractivity contribution in [2.24, 2.45) is 0 Å². The van der Waals surface area contributed by atoms with E-state index < -0.39 is 0 Å². The monoisotopic (exact) mass is 700 g/mol. The number of rotatable bonds is 3. The summed E-state index contributed by atoms with van der Waals surface area (Å²) in [6, 6.07) is 51.4. The van der Waals surface area contributed by atoms with Crippen molar-refractivity contribution in [1.82, 2.24) is 9.13 Å². The van der Waals surface area contributed by atoms with E-state index in [2.05, 4.69) is 101 Å². The fraction of sp³-hybridized carbons (Fsp3) is 0.0612. The molecule has 254 valence electrons. The lowest BCUT2D eigenvalue weighted by atomic mass is 9.80. The molecule has 0 fully saturated rings. The number of hydrogen-bond donors (Lipinski definition) is 0. The van der Waals surface area contributed by atoms with Gasteiger partial charge < -0.3 is 9.13 Å². The van der Waals surface area contributed by atoms with Crippen molar-refractivity contribution in [1.29, 1.82) is 15.8 Å². The molecule has 9 aromatic rings. The first kappa shape index (κ1) is 31.8. The van der Waals surface area contributed by atoms with Gasteiger partial charge in [0.05, 0.1) is 62.8 Å². The van der Waals surface area contributed by atoms with Crippen molar-refractivity contribution in [3.8, 4) is 51.8 Å². The Balaban J connectivity index is 1.31. The lowest BCUT2D eigenvalue weighted by molar-refractivity contribution is 0.666. The van der Waals surface area contributed by atoms with Gasteiger partial charge in [0, 0.05) is 32.5 Å². The third-order valence-electron chi connectivity index (χ3n) is 11.5. The average molecular weight is 701 g/mol. The van der Waals surface area contributed by atoms with E-state index in [0.29, 0.717) is 22.5 Å². The second-order valence-electron chi connectivity index (χ2n) is 14.5. The summed E-state index contributed by atoms with van der Waals surface area (Å²) in [5.41, 5.74) is 11.2. The van der Waals surface area contributed by atoms with E-state index in [1.165, 1.54) is 22.3 Å². The van der Waals surface area contributed by atoms with Crippen molar-refractivity contribution in [3.05, 3.63) is 173 Å². The molecule has 6 nitrogen and oxygen atoms in total. The molecule has 0 saturated carbocycles. The van der Waals surface area contributed by atoms with Gasteiger partial charge in [0.2, 0.25) is 5.69 Å². The van der Waals surface area contributed by atoms with Crippen molar-refractivity contribution in [2.45, 2.75) is 19.3 Å². The molecule has 0 bridgehead atoms. The summed E-state index contributed by atoms with van der Waals surface area (Å²) in [6.45, 7) is 13.0. The van der Waals surface area contributed by atoms with Gasteiger partial charge in [0.25, 0.3) is 0 Å². The molecule has 10 rings (SSSR count). The highest BCUT2D eigenvalue weighted by Gasteiger charge is 2.38. The maximum Gasteiger partial charge on any atom is 0.228 e. The third-order valence-corrected chi connectivity index (χ3v) is 11.5. The predicted molar refractivity (Wildman–Crippen MR) is 219 cm³/mol. The summed E-state index contributed by atoms with van der Waals surface area (Å²) in [5, 5.41) is 36.4. The van der Waals surface area contributed by atoms with Crippen molar-refractivity contribution >= 4 is 49.3 Å². The quantitative estimate of drug-likeness (QED) is 0.172. The van der Waals surface area contributed by atoms with Crippen molar-refractivity contribution in [2.75, 3.05) is 0 Å². The zero-order valence-electron chi connectivity index (χ0n) is 29.9. The molecule has 55 heavy (non-hydrogen) atoms. The number of aromatic nitrogens is 2. The van der Waals surface area contributed by atoms with E-state index in [-0.39, 0.29) is 27.8 Å². The number of nitriles is 3. The topological polar surface area (TPSA) is 85.6 Å². The van der Waals surface area contributed by atoms with Crippen LogP contribution in [0.4, 0.5) is 5.69 Å². The normalized spacial score (nSPS) is 12.6. The molecule has 0 radical (unpaired) electrons. The Morgan fingerprint density at radius 1 is 0.527 bits per heavy atom. The van der Waals surface area contributed by atoms with Gasteiger partial charge in [-0.2, -0.15) is 15.8 Å². The predicted octanol–water partition coefficient (Wildman–Crippen LogP) is 12.0. The maximum atomic E-state index is 11.0. The molecule has 7 aromatic carbocycles. The van der Waals surface area contributed by atoms with Crippen LogP contribution in [0.2, 0.25) is 0 Å². The average Bonchev–Trinajstić information content (AvgIpc) is 3.82. The van der Waals surface area contributed by atoms with E-state index in [4.69, 9.17) is 6.57 Å². The lowest BCUT2D eigenvalue weighted by Gasteiger charge is -2.23. The molecule has 0 N–H and O–H groups in total. The maximum absolute atomic E-state index is 11.0. The molecule has 6 heteroatoms. The van der Waals surface area contributed by atoms with E-state index in [1.54, 1.807) is 6.07 Å². The first-order valence-electron chi connectivity index (χ1n) is 18.0. The fourth-order valence-electron chi connectivity index (χ4n) is 9.21. The van der Waals surface area contributed by atoms with Crippen LogP contribution in [-0.2, 0) is 5.41 Å². The lowest BCUT2D eigenvalue weighted by Crippen LogP contribution is -2.15. The Labute approximate surface area is 317 Å². The first-order chi connectivity index (χ1) is 26.9. The van der Waals surface area contributed by atoms with Gasteiger partial charge in [-0.15, -0.1) is 0 Å². The summed E-state index contributed by atoms with van der Waals surface area (Å²) in [5.74, 6) is 0. The zero-order valence-corrected chi connectivity index (χ0v) is 29.9. The molecule has 0 atom stereocenters. The van der Waals surface area contributed by atoms with Gasteiger partial charge in [-0.3, -0.25) is 0 Å². The number of nitrogens with zero attached hydrogens (tertiary/aromatic N) is 6. The van der Waals surface area contributed by atoms with Crippen LogP contribution < -0.4 is 0 Å². The minimum atomic E-state index is -0.309. The van der Waals surface area contributed by atoms with Crippen LogP contribution in [0.5, 0.6) is 0 Å². The van der Waals surface area contributed by atoms with Gasteiger partial charge >= 0.3 is 0 Å². The second kappa shape index (κ2) is 11.6. The summed E-state index contributed by atoms with van der Waals surface area (Å²) < 4.78 is 4.13. The number of fused-ring (bicyclic) bond motifs is 10. The van der Waals surface area contributed by atoms with Crippen LogP contribution in [0.25, 0.3) is 82.1 Å².